The van der Waals surface area contributed by atoms with E-state index in [0.717, 1.165) is 18.3 Å². The first-order valence-corrected chi connectivity index (χ1v) is 5.38. The van der Waals surface area contributed by atoms with Gasteiger partial charge < -0.3 is 0 Å². The second-order valence-corrected chi connectivity index (χ2v) is 4.69. The molecule has 0 saturated heterocycles. The SMILES string of the molecule is CCc1nc2c(s1)C1CC1C=C2. The largest absolute Gasteiger partial charge is 0.242 e. The molecule has 1 nitrogen and oxygen atoms in total. The first-order valence-electron chi connectivity index (χ1n) is 4.56. The molecule has 2 aliphatic carbocycles. The predicted molar refractivity (Wildman–Crippen MR) is 51.4 cm³/mol. The summed E-state index contributed by atoms with van der Waals surface area (Å²) in [7, 11) is 0. The van der Waals surface area contributed by atoms with Crippen LogP contribution in [0.1, 0.15) is 34.8 Å². The van der Waals surface area contributed by atoms with Gasteiger partial charge in [-0.25, -0.2) is 4.98 Å². The van der Waals surface area contributed by atoms with Gasteiger partial charge in [0.25, 0.3) is 0 Å². The van der Waals surface area contributed by atoms with Crippen LogP contribution in [0.3, 0.4) is 0 Å². The molecule has 1 fully saturated rings. The number of hydrogen-bond donors (Lipinski definition) is 0. The van der Waals surface area contributed by atoms with Crippen LogP contribution in [0.2, 0.25) is 0 Å². The first-order chi connectivity index (χ1) is 5.88. The normalized spacial score (nSPS) is 29.8. The van der Waals surface area contributed by atoms with Crippen LogP contribution in [-0.2, 0) is 6.42 Å². The van der Waals surface area contributed by atoms with Gasteiger partial charge in [0.05, 0.1) is 10.7 Å². The highest BCUT2D eigenvalue weighted by Gasteiger charge is 2.41. The molecule has 0 aromatic carbocycles. The van der Waals surface area contributed by atoms with E-state index in [-0.39, 0.29) is 0 Å². The van der Waals surface area contributed by atoms with E-state index < -0.39 is 0 Å². The van der Waals surface area contributed by atoms with Gasteiger partial charge in [-0.2, -0.15) is 0 Å². The lowest BCUT2D eigenvalue weighted by atomic mass is 10.1. The summed E-state index contributed by atoms with van der Waals surface area (Å²) in [6.07, 6.45) is 6.99. The van der Waals surface area contributed by atoms with Crippen LogP contribution in [0, 0.1) is 5.92 Å². The lowest BCUT2D eigenvalue weighted by molar-refractivity contribution is 1.00. The summed E-state index contributed by atoms with van der Waals surface area (Å²) >= 11 is 1.92. The van der Waals surface area contributed by atoms with Crippen molar-refractivity contribution < 1.29 is 0 Å². The van der Waals surface area contributed by atoms with Gasteiger partial charge in [-0.3, -0.25) is 0 Å². The minimum atomic E-state index is 0.850. The van der Waals surface area contributed by atoms with Gasteiger partial charge in [0.1, 0.15) is 0 Å². The minimum Gasteiger partial charge on any atom is -0.242 e. The molecule has 62 valence electrons. The Hall–Kier alpha value is -0.630. The van der Waals surface area contributed by atoms with E-state index in [4.69, 9.17) is 0 Å². The standard InChI is InChI=1S/C10H11NS/c1-2-9-11-8-4-3-6-5-7(6)10(8)12-9/h3-4,6-7H,2,5H2,1H3. The number of hydrogen-bond acceptors (Lipinski definition) is 2. The highest BCUT2D eigenvalue weighted by atomic mass is 32.1. The molecule has 0 amide bonds. The molecule has 1 aromatic rings. The molecular weight excluding hydrogens is 166 g/mol. The van der Waals surface area contributed by atoms with Crippen molar-refractivity contribution in [3.05, 3.63) is 21.7 Å². The minimum absolute atomic E-state index is 0.850. The summed E-state index contributed by atoms with van der Waals surface area (Å²) in [6.45, 7) is 2.18. The van der Waals surface area contributed by atoms with E-state index in [1.807, 2.05) is 11.3 Å². The van der Waals surface area contributed by atoms with E-state index in [1.165, 1.54) is 17.1 Å². The maximum Gasteiger partial charge on any atom is 0.0932 e. The molecule has 0 bridgehead atoms. The fraction of sp³-hybridized carbons (Fsp3) is 0.500. The molecule has 1 aromatic heterocycles. The van der Waals surface area contributed by atoms with Crippen molar-refractivity contribution in [2.75, 3.05) is 0 Å². The van der Waals surface area contributed by atoms with Crippen LogP contribution in [0.4, 0.5) is 0 Å². The third kappa shape index (κ3) is 0.816. The van der Waals surface area contributed by atoms with E-state index in [1.54, 1.807) is 4.88 Å². The Morgan fingerprint density at radius 2 is 2.58 bits per heavy atom. The Labute approximate surface area is 76.1 Å². The Kier molecular flexibility index (Phi) is 1.25. The summed E-state index contributed by atoms with van der Waals surface area (Å²) < 4.78 is 0. The Morgan fingerprint density at radius 1 is 1.67 bits per heavy atom. The number of aryl methyl sites for hydroxylation is 1. The average Bonchev–Trinajstić information content (AvgIpc) is 2.77. The van der Waals surface area contributed by atoms with Crippen LogP contribution in [0.5, 0.6) is 0 Å². The molecule has 2 aliphatic rings. The van der Waals surface area contributed by atoms with E-state index >= 15 is 0 Å². The molecule has 1 heterocycles. The second-order valence-electron chi connectivity index (χ2n) is 3.58. The summed E-state index contributed by atoms with van der Waals surface area (Å²) in [5.74, 6) is 1.71. The van der Waals surface area contributed by atoms with E-state index in [0.29, 0.717) is 0 Å². The van der Waals surface area contributed by atoms with Crippen molar-refractivity contribution in [3.63, 3.8) is 0 Å². The van der Waals surface area contributed by atoms with Gasteiger partial charge in [-0.05, 0) is 24.8 Å². The van der Waals surface area contributed by atoms with Crippen LogP contribution in [0.15, 0.2) is 6.08 Å². The van der Waals surface area contributed by atoms with Crippen LogP contribution < -0.4 is 0 Å². The highest BCUT2D eigenvalue weighted by Crippen LogP contribution is 2.54. The molecular formula is C10H11NS. The highest BCUT2D eigenvalue weighted by molar-refractivity contribution is 7.12. The third-order valence-electron chi connectivity index (χ3n) is 2.71. The summed E-state index contributed by atoms with van der Waals surface area (Å²) in [4.78, 5) is 6.13. The summed E-state index contributed by atoms with van der Waals surface area (Å²) in [5.41, 5.74) is 1.26. The van der Waals surface area contributed by atoms with Gasteiger partial charge in [-0.1, -0.05) is 13.0 Å². The molecule has 12 heavy (non-hydrogen) atoms. The van der Waals surface area contributed by atoms with Crippen molar-refractivity contribution in [2.24, 2.45) is 5.92 Å². The summed E-state index contributed by atoms with van der Waals surface area (Å²) in [6, 6.07) is 0. The zero-order valence-electron chi connectivity index (χ0n) is 7.08. The Morgan fingerprint density at radius 3 is 3.42 bits per heavy atom. The second kappa shape index (κ2) is 2.19. The quantitative estimate of drug-likeness (QED) is 0.642. The lowest BCUT2D eigenvalue weighted by Crippen LogP contribution is -1.87. The van der Waals surface area contributed by atoms with Crippen molar-refractivity contribution >= 4 is 17.4 Å². The summed E-state index contributed by atoms with van der Waals surface area (Å²) in [5, 5.41) is 1.30. The zero-order valence-corrected chi connectivity index (χ0v) is 7.90. The van der Waals surface area contributed by atoms with Gasteiger partial charge in [0, 0.05) is 10.8 Å². The third-order valence-corrected chi connectivity index (χ3v) is 4.05. The Bertz CT molecular complexity index is 351. The molecule has 1 saturated carbocycles. The van der Waals surface area contributed by atoms with Crippen molar-refractivity contribution in [1.29, 1.82) is 0 Å². The monoisotopic (exact) mass is 177 g/mol. The molecule has 3 rings (SSSR count). The van der Waals surface area contributed by atoms with E-state index in [2.05, 4.69) is 24.1 Å². The van der Waals surface area contributed by atoms with Gasteiger partial charge in [0.2, 0.25) is 0 Å². The van der Waals surface area contributed by atoms with Crippen LogP contribution >= 0.6 is 11.3 Å². The molecule has 2 unspecified atom stereocenters. The predicted octanol–water partition coefficient (Wildman–Crippen LogP) is 2.84. The topological polar surface area (TPSA) is 12.9 Å². The molecule has 0 spiro atoms. The molecule has 0 aliphatic heterocycles. The average molecular weight is 177 g/mol. The smallest absolute Gasteiger partial charge is 0.0932 e. The first kappa shape index (κ1) is 6.84. The van der Waals surface area contributed by atoms with Gasteiger partial charge in [-0.15, -0.1) is 11.3 Å². The van der Waals surface area contributed by atoms with Crippen molar-refractivity contribution in [3.8, 4) is 0 Å². The number of aromatic nitrogens is 1. The maximum absolute atomic E-state index is 4.58. The molecule has 2 atom stereocenters. The number of rotatable bonds is 1. The van der Waals surface area contributed by atoms with Crippen LogP contribution in [0.25, 0.3) is 6.08 Å². The Balaban J connectivity index is 2.12. The van der Waals surface area contributed by atoms with E-state index in [9.17, 15) is 0 Å². The van der Waals surface area contributed by atoms with Gasteiger partial charge in [0.15, 0.2) is 0 Å². The molecule has 0 radical (unpaired) electrons. The number of thiazole rings is 1. The molecule has 2 heteroatoms. The lowest BCUT2D eigenvalue weighted by Gasteiger charge is -1.99. The fourth-order valence-corrected chi connectivity index (χ4v) is 3.05. The number of allylic oxidation sites excluding steroid dienone is 1. The molecule has 0 N–H and O–H groups in total. The number of fused-ring (bicyclic) bond motifs is 3. The van der Waals surface area contributed by atoms with Gasteiger partial charge >= 0.3 is 0 Å². The fourth-order valence-electron chi connectivity index (χ4n) is 1.87. The zero-order chi connectivity index (χ0) is 8.13. The van der Waals surface area contributed by atoms with Crippen LogP contribution in [-0.4, -0.2) is 4.98 Å². The maximum atomic E-state index is 4.58. The van der Waals surface area contributed by atoms with Crippen molar-refractivity contribution in [2.45, 2.75) is 25.7 Å². The van der Waals surface area contributed by atoms with Crippen molar-refractivity contribution in [1.82, 2.24) is 4.98 Å². The number of nitrogens with zero attached hydrogens (tertiary/aromatic N) is 1.